The first kappa shape index (κ1) is 16.2. The van der Waals surface area contributed by atoms with Gasteiger partial charge in [-0.1, -0.05) is 41.4 Å². The van der Waals surface area contributed by atoms with Crippen LogP contribution in [0.1, 0.15) is 5.56 Å². The molecule has 0 saturated carbocycles. The van der Waals surface area contributed by atoms with Crippen LogP contribution in [0.15, 0.2) is 55.0 Å². The van der Waals surface area contributed by atoms with E-state index in [-0.39, 0.29) is 0 Å². The Morgan fingerprint density at radius 1 is 0.963 bits per heavy atom. The Labute approximate surface area is 164 Å². The molecule has 3 heterocycles. The van der Waals surface area contributed by atoms with Crippen molar-refractivity contribution in [1.29, 1.82) is 0 Å². The molecule has 8 heteroatoms. The van der Waals surface area contributed by atoms with Crippen LogP contribution in [0.25, 0.3) is 33.8 Å². The maximum atomic E-state index is 6.17. The fraction of sp³-hybridized carbons (Fsp3) is 0.0526. The largest absolute Gasteiger partial charge is 0.216 e. The summed E-state index contributed by atoms with van der Waals surface area (Å²) in [5, 5.41) is 11.1. The van der Waals surface area contributed by atoms with Crippen LogP contribution in [-0.4, -0.2) is 29.4 Å². The third kappa shape index (κ3) is 2.65. The van der Waals surface area contributed by atoms with Gasteiger partial charge in [-0.3, -0.25) is 0 Å². The molecule has 0 aliphatic rings. The number of hydrogen-bond donors (Lipinski definition) is 0. The number of aromatic nitrogens is 6. The molecule has 0 radical (unpaired) electrons. The van der Waals surface area contributed by atoms with Crippen molar-refractivity contribution in [1.82, 2.24) is 29.4 Å². The Kier molecular flexibility index (Phi) is 3.63. The predicted octanol–water partition coefficient (Wildman–Crippen LogP) is 4.75. The molecule has 0 aliphatic heterocycles. The molecule has 0 saturated heterocycles. The van der Waals surface area contributed by atoms with Crippen LogP contribution in [0.3, 0.4) is 0 Å². The van der Waals surface area contributed by atoms with Gasteiger partial charge in [-0.15, -0.1) is 5.10 Å². The molecule has 0 spiro atoms. The Balaban J connectivity index is 1.72. The molecule has 0 unspecified atom stereocenters. The average Bonchev–Trinajstić information content (AvgIpc) is 3.27. The number of hydrogen-bond acceptors (Lipinski definition) is 4. The summed E-state index contributed by atoms with van der Waals surface area (Å²) in [7, 11) is 0. The first-order valence-electron chi connectivity index (χ1n) is 8.22. The highest BCUT2D eigenvalue weighted by molar-refractivity contribution is 6.31. The molecule has 2 aromatic carbocycles. The quantitative estimate of drug-likeness (QED) is 0.433. The molecule has 0 fully saturated rings. The lowest BCUT2D eigenvalue weighted by molar-refractivity contribution is 0.876. The highest BCUT2D eigenvalue weighted by Gasteiger charge is 2.15. The molecule has 0 aliphatic carbocycles. The maximum absolute atomic E-state index is 6.17. The fourth-order valence-electron chi connectivity index (χ4n) is 3.06. The highest BCUT2D eigenvalue weighted by Crippen LogP contribution is 2.26. The van der Waals surface area contributed by atoms with Gasteiger partial charge in [0.2, 0.25) is 0 Å². The summed E-state index contributed by atoms with van der Waals surface area (Å²) in [6, 6.07) is 13.1. The van der Waals surface area contributed by atoms with Gasteiger partial charge in [0, 0.05) is 15.6 Å². The number of aryl methyl sites for hydroxylation is 1. The van der Waals surface area contributed by atoms with Crippen molar-refractivity contribution in [2.24, 2.45) is 0 Å². The second kappa shape index (κ2) is 6.04. The van der Waals surface area contributed by atoms with E-state index in [2.05, 4.69) is 20.2 Å². The normalized spacial score (nSPS) is 11.5. The third-order valence-electron chi connectivity index (χ3n) is 4.39. The summed E-state index contributed by atoms with van der Waals surface area (Å²) in [5.41, 5.74) is 4.15. The first-order valence-corrected chi connectivity index (χ1v) is 8.97. The average molecular weight is 395 g/mol. The zero-order chi connectivity index (χ0) is 18.5. The molecule has 0 N–H and O–H groups in total. The molecule has 0 atom stereocenters. The van der Waals surface area contributed by atoms with E-state index in [0.29, 0.717) is 27.2 Å². The van der Waals surface area contributed by atoms with E-state index in [1.165, 1.54) is 0 Å². The molecule has 5 rings (SSSR count). The van der Waals surface area contributed by atoms with Crippen molar-refractivity contribution in [3.63, 3.8) is 0 Å². The van der Waals surface area contributed by atoms with Gasteiger partial charge in [0.15, 0.2) is 17.1 Å². The predicted molar refractivity (Wildman–Crippen MR) is 106 cm³/mol. The standard InChI is InChI=1S/C19H12Cl2N6/c1-11-5-6-14(21)8-16(11)27-18-15(9-23-27)19-24-17(25-26(19)10-22-18)12-3-2-4-13(20)7-12/h2-10H,1H3. The lowest BCUT2D eigenvalue weighted by Crippen LogP contribution is -2.01. The summed E-state index contributed by atoms with van der Waals surface area (Å²) in [6.07, 6.45) is 3.38. The maximum Gasteiger partial charge on any atom is 0.182 e. The van der Waals surface area contributed by atoms with Crippen molar-refractivity contribution < 1.29 is 0 Å². The number of halogens is 2. The summed E-state index contributed by atoms with van der Waals surface area (Å²) >= 11 is 12.3. The minimum Gasteiger partial charge on any atom is -0.216 e. The van der Waals surface area contributed by atoms with Crippen LogP contribution in [0.2, 0.25) is 10.0 Å². The van der Waals surface area contributed by atoms with Gasteiger partial charge in [0.1, 0.15) is 6.33 Å². The van der Waals surface area contributed by atoms with E-state index >= 15 is 0 Å². The number of rotatable bonds is 2. The molecular weight excluding hydrogens is 383 g/mol. The van der Waals surface area contributed by atoms with Crippen molar-refractivity contribution in [2.75, 3.05) is 0 Å². The summed E-state index contributed by atoms with van der Waals surface area (Å²) in [4.78, 5) is 9.21. The topological polar surface area (TPSA) is 60.9 Å². The Morgan fingerprint density at radius 3 is 2.67 bits per heavy atom. The number of nitrogens with zero attached hydrogens (tertiary/aromatic N) is 6. The van der Waals surface area contributed by atoms with Crippen molar-refractivity contribution in [2.45, 2.75) is 6.92 Å². The van der Waals surface area contributed by atoms with Crippen molar-refractivity contribution in [3.8, 4) is 17.1 Å². The molecule has 27 heavy (non-hydrogen) atoms. The molecule has 132 valence electrons. The van der Waals surface area contributed by atoms with Crippen LogP contribution >= 0.6 is 23.2 Å². The third-order valence-corrected chi connectivity index (χ3v) is 4.86. The van der Waals surface area contributed by atoms with Crippen LogP contribution in [-0.2, 0) is 0 Å². The number of benzene rings is 2. The van der Waals surface area contributed by atoms with Crippen LogP contribution in [0.4, 0.5) is 0 Å². The monoisotopic (exact) mass is 394 g/mol. The van der Waals surface area contributed by atoms with E-state index in [0.717, 1.165) is 22.2 Å². The molecule has 5 aromatic rings. The molecule has 0 bridgehead atoms. The fourth-order valence-corrected chi connectivity index (χ4v) is 3.41. The zero-order valence-corrected chi connectivity index (χ0v) is 15.6. The molecule has 0 amide bonds. The van der Waals surface area contributed by atoms with Gasteiger partial charge in [-0.25, -0.2) is 19.2 Å². The first-order chi connectivity index (χ1) is 13.1. The van der Waals surface area contributed by atoms with Crippen LogP contribution in [0.5, 0.6) is 0 Å². The van der Waals surface area contributed by atoms with Crippen molar-refractivity contribution >= 4 is 39.9 Å². The minimum absolute atomic E-state index is 0.582. The summed E-state index contributed by atoms with van der Waals surface area (Å²) < 4.78 is 3.42. The van der Waals surface area contributed by atoms with Gasteiger partial charge in [0.05, 0.1) is 17.3 Å². The number of fused-ring (bicyclic) bond motifs is 3. The van der Waals surface area contributed by atoms with Crippen molar-refractivity contribution in [3.05, 3.63) is 70.6 Å². The Hall–Kier alpha value is -2.96. The van der Waals surface area contributed by atoms with E-state index in [4.69, 9.17) is 23.2 Å². The lowest BCUT2D eigenvalue weighted by Gasteiger charge is -2.07. The highest BCUT2D eigenvalue weighted by atomic mass is 35.5. The minimum atomic E-state index is 0.582. The van der Waals surface area contributed by atoms with E-state index in [1.54, 1.807) is 21.7 Å². The molecular formula is C19H12Cl2N6. The second-order valence-corrected chi connectivity index (χ2v) is 7.06. The van der Waals surface area contributed by atoms with Gasteiger partial charge >= 0.3 is 0 Å². The van der Waals surface area contributed by atoms with E-state index < -0.39 is 0 Å². The van der Waals surface area contributed by atoms with Gasteiger partial charge in [-0.05, 0) is 36.8 Å². The van der Waals surface area contributed by atoms with E-state index in [1.807, 2.05) is 49.4 Å². The summed E-state index contributed by atoms with van der Waals surface area (Å²) in [5.74, 6) is 0.582. The second-order valence-electron chi connectivity index (χ2n) is 6.18. The van der Waals surface area contributed by atoms with E-state index in [9.17, 15) is 0 Å². The van der Waals surface area contributed by atoms with Crippen LogP contribution < -0.4 is 0 Å². The van der Waals surface area contributed by atoms with Gasteiger partial charge in [-0.2, -0.15) is 5.10 Å². The molecule has 6 nitrogen and oxygen atoms in total. The smallest absolute Gasteiger partial charge is 0.182 e. The SMILES string of the molecule is Cc1ccc(Cl)cc1-n1ncc2c1ncn1nc(-c3cccc(Cl)c3)nc21. The molecule has 3 aromatic heterocycles. The van der Waals surface area contributed by atoms with Gasteiger partial charge < -0.3 is 0 Å². The Morgan fingerprint density at radius 2 is 1.81 bits per heavy atom. The lowest BCUT2D eigenvalue weighted by atomic mass is 10.2. The van der Waals surface area contributed by atoms with Crippen LogP contribution in [0, 0.1) is 6.92 Å². The Bertz CT molecular complexity index is 1320. The zero-order valence-electron chi connectivity index (χ0n) is 14.1. The van der Waals surface area contributed by atoms with Gasteiger partial charge in [0.25, 0.3) is 0 Å². The summed E-state index contributed by atoms with van der Waals surface area (Å²) in [6.45, 7) is 2.01.